The molecule has 1 rings (SSSR count). The van der Waals surface area contributed by atoms with Crippen molar-refractivity contribution >= 4 is 5.69 Å². The van der Waals surface area contributed by atoms with Crippen LogP contribution in [0.1, 0.15) is 13.8 Å². The van der Waals surface area contributed by atoms with E-state index in [1.807, 2.05) is 0 Å². The van der Waals surface area contributed by atoms with Crippen molar-refractivity contribution in [2.75, 3.05) is 12.5 Å². The second-order valence-electron chi connectivity index (χ2n) is 3.51. The van der Waals surface area contributed by atoms with Gasteiger partial charge in [0.25, 0.3) is 0 Å². The summed E-state index contributed by atoms with van der Waals surface area (Å²) >= 11 is 0. The van der Waals surface area contributed by atoms with Gasteiger partial charge in [-0.25, -0.2) is 0 Å². The molecule has 1 aromatic rings. The van der Waals surface area contributed by atoms with E-state index in [0.717, 1.165) is 11.4 Å². The highest BCUT2D eigenvalue weighted by molar-refractivity contribution is 5.45. The second-order valence-corrected chi connectivity index (χ2v) is 3.51. The molecule has 2 unspecified atom stereocenters. The Morgan fingerprint density at radius 2 is 1.62 bits per heavy atom. The van der Waals surface area contributed by atoms with Gasteiger partial charge >= 0.3 is 0 Å². The maximum atomic E-state index is 9.42. The summed E-state index contributed by atoms with van der Waals surface area (Å²) in [5.41, 5.74) is 3.67. The number of aliphatic hydroxyl groups is 2. The molecule has 90 valence electrons. The molecule has 16 heavy (non-hydrogen) atoms. The summed E-state index contributed by atoms with van der Waals surface area (Å²) in [6, 6.07) is 7.20. The lowest BCUT2D eigenvalue weighted by Gasteiger charge is -2.29. The first-order chi connectivity index (χ1) is 7.54. The van der Waals surface area contributed by atoms with E-state index in [0.29, 0.717) is 0 Å². The van der Waals surface area contributed by atoms with E-state index in [-0.39, 0.29) is 0 Å². The summed E-state index contributed by atoms with van der Waals surface area (Å²) < 4.78 is 5.03. The zero-order chi connectivity index (χ0) is 12.1. The number of aliphatic hydroxyl groups excluding tert-OH is 2. The van der Waals surface area contributed by atoms with Crippen LogP contribution in [-0.4, -0.2) is 34.8 Å². The van der Waals surface area contributed by atoms with Gasteiger partial charge in [0.1, 0.15) is 18.2 Å². The van der Waals surface area contributed by atoms with Crippen LogP contribution in [-0.2, 0) is 0 Å². The summed E-state index contributed by atoms with van der Waals surface area (Å²) in [7, 11) is 1.60. The molecule has 5 heteroatoms. The quantitative estimate of drug-likeness (QED) is 0.516. The molecule has 0 aliphatic carbocycles. The van der Waals surface area contributed by atoms with Gasteiger partial charge in [0, 0.05) is 5.69 Å². The Hall–Kier alpha value is -1.30. The molecule has 0 aliphatic rings. The molecule has 0 fully saturated rings. The molecule has 0 spiro atoms. The summed E-state index contributed by atoms with van der Waals surface area (Å²) in [4.78, 5) is 0. The Morgan fingerprint density at radius 3 is 2.00 bits per heavy atom. The minimum atomic E-state index is -0.790. The molecule has 0 saturated heterocycles. The minimum absolute atomic E-state index is 0.756. The first-order valence-corrected chi connectivity index (χ1v) is 5.09. The van der Waals surface area contributed by atoms with E-state index in [1.165, 1.54) is 5.01 Å². The lowest BCUT2D eigenvalue weighted by Crippen LogP contribution is -2.44. The summed E-state index contributed by atoms with van der Waals surface area (Å²) in [6.07, 6.45) is -1.58. The van der Waals surface area contributed by atoms with Crippen molar-refractivity contribution < 1.29 is 14.9 Å². The third-order valence-corrected chi connectivity index (χ3v) is 2.15. The molecule has 0 saturated carbocycles. The Bertz CT molecular complexity index is 304. The summed E-state index contributed by atoms with van der Waals surface area (Å²) in [6.45, 7) is 3.15. The number of ether oxygens (including phenoxy) is 1. The van der Waals surface area contributed by atoms with Crippen LogP contribution >= 0.6 is 0 Å². The van der Waals surface area contributed by atoms with Crippen LogP contribution in [0.2, 0.25) is 0 Å². The van der Waals surface area contributed by atoms with Gasteiger partial charge in [-0.3, -0.25) is 0 Å². The van der Waals surface area contributed by atoms with Crippen molar-refractivity contribution in [1.29, 1.82) is 0 Å². The third kappa shape index (κ3) is 3.37. The predicted molar refractivity (Wildman–Crippen MR) is 61.8 cm³/mol. The van der Waals surface area contributed by atoms with Crippen molar-refractivity contribution in [3.8, 4) is 5.75 Å². The molecule has 0 radical (unpaired) electrons. The maximum absolute atomic E-state index is 9.42. The molecule has 1 aromatic carbocycles. The van der Waals surface area contributed by atoms with Crippen LogP contribution < -0.4 is 10.2 Å². The highest BCUT2D eigenvalue weighted by Crippen LogP contribution is 2.16. The van der Waals surface area contributed by atoms with Gasteiger partial charge in [-0.15, -0.1) is 0 Å². The standard InChI is InChI=1S/C11H18N2O3/c1-8(14)13(9(2)15)12-10-4-6-11(16-3)7-5-10/h4-9,12,14-15H,1-3H3. The average molecular weight is 226 g/mol. The monoisotopic (exact) mass is 226 g/mol. The van der Waals surface area contributed by atoms with Gasteiger partial charge in [-0.2, -0.15) is 5.01 Å². The molecule has 0 bridgehead atoms. The van der Waals surface area contributed by atoms with Gasteiger partial charge in [0.05, 0.1) is 7.11 Å². The SMILES string of the molecule is COc1ccc(NN(C(C)O)C(C)O)cc1. The number of anilines is 1. The Balaban J connectivity index is 2.70. The van der Waals surface area contributed by atoms with E-state index < -0.39 is 12.5 Å². The van der Waals surface area contributed by atoms with Crippen LogP contribution in [0.4, 0.5) is 5.69 Å². The van der Waals surface area contributed by atoms with E-state index >= 15 is 0 Å². The van der Waals surface area contributed by atoms with Crippen molar-refractivity contribution in [1.82, 2.24) is 5.01 Å². The Kier molecular flexibility index (Phi) is 4.54. The maximum Gasteiger partial charge on any atom is 0.124 e. The number of methoxy groups -OCH3 is 1. The average Bonchev–Trinajstić information content (AvgIpc) is 2.25. The van der Waals surface area contributed by atoms with Crippen LogP contribution in [0.5, 0.6) is 5.75 Å². The molecule has 0 aliphatic heterocycles. The van der Waals surface area contributed by atoms with Gasteiger partial charge in [-0.05, 0) is 38.1 Å². The normalized spacial score (nSPS) is 14.6. The molecular formula is C11H18N2O3. The molecule has 0 amide bonds. The predicted octanol–water partition coefficient (Wildman–Crippen LogP) is 1.00. The van der Waals surface area contributed by atoms with Crippen LogP contribution in [0.25, 0.3) is 0 Å². The van der Waals surface area contributed by atoms with Crippen molar-refractivity contribution in [3.63, 3.8) is 0 Å². The fourth-order valence-electron chi connectivity index (χ4n) is 1.31. The van der Waals surface area contributed by atoms with Crippen molar-refractivity contribution in [2.24, 2.45) is 0 Å². The first kappa shape index (κ1) is 12.8. The van der Waals surface area contributed by atoms with Crippen molar-refractivity contribution in [2.45, 2.75) is 26.3 Å². The van der Waals surface area contributed by atoms with E-state index in [4.69, 9.17) is 4.74 Å². The third-order valence-electron chi connectivity index (χ3n) is 2.15. The van der Waals surface area contributed by atoms with Gasteiger partial charge < -0.3 is 20.4 Å². The second kappa shape index (κ2) is 5.69. The molecule has 0 heterocycles. The lowest BCUT2D eigenvalue weighted by atomic mass is 10.3. The number of hydrazine groups is 1. The van der Waals surface area contributed by atoms with Crippen molar-refractivity contribution in [3.05, 3.63) is 24.3 Å². The number of rotatable bonds is 5. The van der Waals surface area contributed by atoms with E-state index in [2.05, 4.69) is 5.43 Å². The lowest BCUT2D eigenvalue weighted by molar-refractivity contribution is -0.0671. The smallest absolute Gasteiger partial charge is 0.124 e. The molecule has 2 atom stereocenters. The Labute approximate surface area is 95.2 Å². The molecule has 5 nitrogen and oxygen atoms in total. The van der Waals surface area contributed by atoms with Gasteiger partial charge in [-0.1, -0.05) is 0 Å². The first-order valence-electron chi connectivity index (χ1n) is 5.09. The number of hydrogen-bond donors (Lipinski definition) is 3. The minimum Gasteiger partial charge on any atom is -0.497 e. The summed E-state index contributed by atoms with van der Waals surface area (Å²) in [5.74, 6) is 0.756. The number of benzene rings is 1. The molecule has 3 N–H and O–H groups in total. The van der Waals surface area contributed by atoms with Crippen LogP contribution in [0.15, 0.2) is 24.3 Å². The van der Waals surface area contributed by atoms with Gasteiger partial charge in [0.2, 0.25) is 0 Å². The highest BCUT2D eigenvalue weighted by atomic mass is 16.5. The number of hydrogen-bond acceptors (Lipinski definition) is 5. The van der Waals surface area contributed by atoms with Gasteiger partial charge in [0.15, 0.2) is 0 Å². The molecule has 0 aromatic heterocycles. The number of nitrogens with one attached hydrogen (secondary N) is 1. The van der Waals surface area contributed by atoms with Crippen LogP contribution in [0.3, 0.4) is 0 Å². The summed E-state index contributed by atoms with van der Waals surface area (Å²) in [5, 5.41) is 20.2. The van der Waals surface area contributed by atoms with Crippen LogP contribution in [0, 0.1) is 0 Å². The Morgan fingerprint density at radius 1 is 1.12 bits per heavy atom. The fourth-order valence-corrected chi connectivity index (χ4v) is 1.31. The molecular weight excluding hydrogens is 208 g/mol. The number of nitrogens with zero attached hydrogens (tertiary/aromatic N) is 1. The zero-order valence-electron chi connectivity index (χ0n) is 9.71. The topological polar surface area (TPSA) is 65.0 Å². The largest absolute Gasteiger partial charge is 0.497 e. The highest BCUT2D eigenvalue weighted by Gasteiger charge is 2.15. The van der Waals surface area contributed by atoms with E-state index in [9.17, 15) is 10.2 Å². The fraction of sp³-hybridized carbons (Fsp3) is 0.455. The van der Waals surface area contributed by atoms with E-state index in [1.54, 1.807) is 45.2 Å². The zero-order valence-corrected chi connectivity index (χ0v) is 9.71.